The summed E-state index contributed by atoms with van der Waals surface area (Å²) in [5, 5.41) is 2.92. The van der Waals surface area contributed by atoms with Gasteiger partial charge in [0.05, 0.1) is 5.92 Å². The first-order valence-electron chi connectivity index (χ1n) is 9.48. The molecule has 4 nitrogen and oxygen atoms in total. The third-order valence-corrected chi connectivity index (χ3v) is 5.98. The Morgan fingerprint density at radius 3 is 2.33 bits per heavy atom. The van der Waals surface area contributed by atoms with E-state index in [0.717, 1.165) is 25.7 Å². The predicted molar refractivity (Wildman–Crippen MR) is 102 cm³/mol. The van der Waals surface area contributed by atoms with Crippen molar-refractivity contribution >= 4 is 17.5 Å². The first kappa shape index (κ1) is 17.7. The van der Waals surface area contributed by atoms with Crippen LogP contribution in [0.3, 0.4) is 0 Å². The molecule has 1 aliphatic heterocycles. The van der Waals surface area contributed by atoms with Crippen molar-refractivity contribution in [1.82, 2.24) is 4.90 Å². The summed E-state index contributed by atoms with van der Waals surface area (Å²) in [5.41, 5.74) is 1.10. The zero-order valence-corrected chi connectivity index (χ0v) is 15.2. The van der Waals surface area contributed by atoms with Crippen LogP contribution in [0, 0.1) is 17.2 Å². The second-order valence-electron chi connectivity index (χ2n) is 7.67. The van der Waals surface area contributed by atoms with Gasteiger partial charge in [-0.1, -0.05) is 31.0 Å². The average Bonchev–Trinajstić information content (AvgIpc) is 3.31. The number of benzene rings is 2. The molecule has 4 rings (SSSR count). The monoisotopic (exact) mass is 366 g/mol. The van der Waals surface area contributed by atoms with Crippen LogP contribution >= 0.6 is 0 Å². The van der Waals surface area contributed by atoms with Crippen LogP contribution in [0.25, 0.3) is 0 Å². The van der Waals surface area contributed by atoms with Crippen LogP contribution < -0.4 is 5.32 Å². The third kappa shape index (κ3) is 3.46. The molecule has 1 aliphatic carbocycles. The van der Waals surface area contributed by atoms with E-state index in [0.29, 0.717) is 24.3 Å². The molecule has 0 unspecified atom stereocenters. The molecule has 0 bridgehead atoms. The summed E-state index contributed by atoms with van der Waals surface area (Å²) in [6, 6.07) is 15.0. The number of hydrogen-bond donors (Lipinski definition) is 1. The molecule has 1 spiro atoms. The Hall–Kier alpha value is -2.69. The summed E-state index contributed by atoms with van der Waals surface area (Å²) in [5.74, 6) is -0.663. The molecular formula is C22H23FN2O2. The fourth-order valence-electron chi connectivity index (χ4n) is 4.60. The number of nitrogens with zero attached hydrogens (tertiary/aromatic N) is 1. The highest BCUT2D eigenvalue weighted by atomic mass is 19.1. The Morgan fingerprint density at radius 2 is 1.67 bits per heavy atom. The highest BCUT2D eigenvalue weighted by Gasteiger charge is 2.52. The summed E-state index contributed by atoms with van der Waals surface area (Å²) in [6.45, 7) is 1.06. The average molecular weight is 366 g/mol. The standard InChI is InChI=1S/C22H23FN2O2/c23-17-8-10-18(11-9-17)24-20(26)19-14-25(15-22(19)12-4-5-13-22)21(27)16-6-2-1-3-7-16/h1-3,6-11,19H,4-5,12-15H2,(H,24,26)/t19-/m1/s1. The molecule has 1 heterocycles. The third-order valence-electron chi connectivity index (χ3n) is 5.98. The fraction of sp³-hybridized carbons (Fsp3) is 0.364. The van der Waals surface area contributed by atoms with Crippen molar-refractivity contribution < 1.29 is 14.0 Å². The lowest BCUT2D eigenvalue weighted by molar-refractivity contribution is -0.122. The highest BCUT2D eigenvalue weighted by molar-refractivity contribution is 5.97. The number of likely N-dealkylation sites (tertiary alicyclic amines) is 1. The molecule has 1 atom stereocenters. The lowest BCUT2D eigenvalue weighted by Gasteiger charge is -2.28. The van der Waals surface area contributed by atoms with E-state index in [1.165, 1.54) is 12.1 Å². The number of carbonyl (C=O) groups excluding carboxylic acids is 2. The summed E-state index contributed by atoms with van der Waals surface area (Å²) in [6.07, 6.45) is 4.11. The highest BCUT2D eigenvalue weighted by Crippen LogP contribution is 2.49. The van der Waals surface area contributed by atoms with Crippen LogP contribution in [0.2, 0.25) is 0 Å². The maximum atomic E-state index is 13.1. The first-order valence-corrected chi connectivity index (χ1v) is 9.48. The zero-order chi connectivity index (χ0) is 18.9. The number of anilines is 1. The van der Waals surface area contributed by atoms with E-state index in [-0.39, 0.29) is 29.0 Å². The van der Waals surface area contributed by atoms with Gasteiger partial charge in [-0.2, -0.15) is 0 Å². The molecule has 140 valence electrons. The molecule has 5 heteroatoms. The first-order chi connectivity index (χ1) is 13.1. The van der Waals surface area contributed by atoms with Crippen molar-refractivity contribution in [3.05, 3.63) is 66.0 Å². The number of nitrogens with one attached hydrogen (secondary N) is 1. The molecule has 1 saturated carbocycles. The number of amides is 2. The Kier molecular flexibility index (Phi) is 4.68. The lowest BCUT2D eigenvalue weighted by atomic mass is 9.76. The summed E-state index contributed by atoms with van der Waals surface area (Å²) in [7, 11) is 0. The van der Waals surface area contributed by atoms with E-state index < -0.39 is 0 Å². The number of carbonyl (C=O) groups is 2. The summed E-state index contributed by atoms with van der Waals surface area (Å²) < 4.78 is 13.1. The van der Waals surface area contributed by atoms with Gasteiger partial charge < -0.3 is 10.2 Å². The predicted octanol–water partition coefficient (Wildman–Crippen LogP) is 4.10. The molecule has 0 aromatic heterocycles. The SMILES string of the molecule is O=C(Nc1ccc(F)cc1)[C@H]1CN(C(=O)c2ccccc2)CC12CCCC2. The molecule has 2 amide bonds. The van der Waals surface area contributed by atoms with Gasteiger partial charge in [-0.25, -0.2) is 4.39 Å². The van der Waals surface area contributed by atoms with E-state index in [1.54, 1.807) is 12.1 Å². The molecule has 0 radical (unpaired) electrons. The molecule has 27 heavy (non-hydrogen) atoms. The second-order valence-corrected chi connectivity index (χ2v) is 7.67. The number of halogens is 1. The van der Waals surface area contributed by atoms with Gasteiger partial charge in [-0.05, 0) is 49.2 Å². The van der Waals surface area contributed by atoms with Gasteiger partial charge in [0.1, 0.15) is 5.82 Å². The Bertz CT molecular complexity index is 829. The Balaban J connectivity index is 1.54. The maximum Gasteiger partial charge on any atom is 0.253 e. The minimum absolute atomic E-state index is 0.0149. The van der Waals surface area contributed by atoms with Crippen molar-refractivity contribution in [2.45, 2.75) is 25.7 Å². The van der Waals surface area contributed by atoms with E-state index in [1.807, 2.05) is 35.2 Å². The Labute approximate surface area is 158 Å². The largest absolute Gasteiger partial charge is 0.337 e. The van der Waals surface area contributed by atoms with Crippen molar-refractivity contribution in [3.63, 3.8) is 0 Å². The van der Waals surface area contributed by atoms with Gasteiger partial charge in [0.25, 0.3) is 5.91 Å². The van der Waals surface area contributed by atoms with Gasteiger partial charge in [0.15, 0.2) is 0 Å². The quantitative estimate of drug-likeness (QED) is 0.889. The minimum Gasteiger partial charge on any atom is -0.337 e. The maximum absolute atomic E-state index is 13.1. The molecular weight excluding hydrogens is 343 g/mol. The van der Waals surface area contributed by atoms with Gasteiger partial charge in [0, 0.05) is 29.8 Å². The molecule has 2 aromatic carbocycles. The molecule has 2 aromatic rings. The normalized spacial score (nSPS) is 20.8. The van der Waals surface area contributed by atoms with Gasteiger partial charge in [0.2, 0.25) is 5.91 Å². The van der Waals surface area contributed by atoms with Crippen molar-refractivity contribution in [2.75, 3.05) is 18.4 Å². The van der Waals surface area contributed by atoms with E-state index in [4.69, 9.17) is 0 Å². The van der Waals surface area contributed by atoms with Crippen LogP contribution in [0.5, 0.6) is 0 Å². The van der Waals surface area contributed by atoms with E-state index >= 15 is 0 Å². The number of hydrogen-bond acceptors (Lipinski definition) is 2. The van der Waals surface area contributed by atoms with Gasteiger partial charge in [-0.3, -0.25) is 9.59 Å². The topological polar surface area (TPSA) is 49.4 Å². The summed E-state index contributed by atoms with van der Waals surface area (Å²) >= 11 is 0. The smallest absolute Gasteiger partial charge is 0.253 e. The van der Waals surface area contributed by atoms with Crippen LogP contribution in [0.4, 0.5) is 10.1 Å². The van der Waals surface area contributed by atoms with E-state index in [2.05, 4.69) is 5.32 Å². The summed E-state index contributed by atoms with van der Waals surface area (Å²) in [4.78, 5) is 27.8. The minimum atomic E-state index is -0.333. The fourth-order valence-corrected chi connectivity index (χ4v) is 4.60. The number of rotatable bonds is 3. The van der Waals surface area contributed by atoms with Crippen molar-refractivity contribution in [1.29, 1.82) is 0 Å². The molecule has 1 N–H and O–H groups in total. The van der Waals surface area contributed by atoms with E-state index in [9.17, 15) is 14.0 Å². The molecule has 2 fully saturated rings. The van der Waals surface area contributed by atoms with Crippen molar-refractivity contribution in [2.24, 2.45) is 11.3 Å². The molecule has 1 saturated heterocycles. The van der Waals surface area contributed by atoms with Crippen LogP contribution in [0.1, 0.15) is 36.0 Å². The van der Waals surface area contributed by atoms with Gasteiger partial charge >= 0.3 is 0 Å². The lowest BCUT2D eigenvalue weighted by Crippen LogP contribution is -2.36. The zero-order valence-electron chi connectivity index (χ0n) is 15.2. The van der Waals surface area contributed by atoms with Crippen LogP contribution in [-0.4, -0.2) is 29.8 Å². The van der Waals surface area contributed by atoms with Crippen molar-refractivity contribution in [3.8, 4) is 0 Å². The van der Waals surface area contributed by atoms with Crippen LogP contribution in [-0.2, 0) is 4.79 Å². The Morgan fingerprint density at radius 1 is 1.00 bits per heavy atom. The van der Waals surface area contributed by atoms with Gasteiger partial charge in [-0.15, -0.1) is 0 Å². The molecule has 2 aliphatic rings. The second kappa shape index (κ2) is 7.14. The van der Waals surface area contributed by atoms with Crippen LogP contribution in [0.15, 0.2) is 54.6 Å².